The summed E-state index contributed by atoms with van der Waals surface area (Å²) in [5.74, 6) is 1.03. The van der Waals surface area contributed by atoms with Gasteiger partial charge < -0.3 is 0 Å². The Kier molecular flexibility index (Phi) is 5.60. The minimum Gasteiger partial charge on any atom is -0.265 e. The van der Waals surface area contributed by atoms with Crippen molar-refractivity contribution in [2.75, 3.05) is 13.1 Å². The fourth-order valence-corrected chi connectivity index (χ4v) is 6.03. The van der Waals surface area contributed by atoms with E-state index >= 15 is 0 Å². The molecule has 144 valence electrons. The highest BCUT2D eigenvalue weighted by molar-refractivity contribution is 7.89. The standard InChI is InChI=1S/C22H28N2O2S/c25-27(26,22-8-6-19(7-9-22)18-4-2-1-3-5-18)24-16-12-21(13-17-24)20-10-14-23-15-11-20/h6-11,14-15,18,21H,1-5,12-13,16-17H2. The van der Waals surface area contributed by atoms with Gasteiger partial charge in [-0.3, -0.25) is 4.98 Å². The van der Waals surface area contributed by atoms with Crippen molar-refractivity contribution in [3.05, 3.63) is 59.9 Å². The first-order valence-electron chi connectivity index (χ1n) is 10.1. The summed E-state index contributed by atoms with van der Waals surface area (Å²) in [6, 6.07) is 11.8. The minimum atomic E-state index is -3.39. The molecular formula is C22H28N2O2S. The van der Waals surface area contributed by atoms with Crippen LogP contribution >= 0.6 is 0 Å². The summed E-state index contributed by atoms with van der Waals surface area (Å²) in [5.41, 5.74) is 2.56. The van der Waals surface area contributed by atoms with Gasteiger partial charge in [0, 0.05) is 25.5 Å². The highest BCUT2D eigenvalue weighted by atomic mass is 32.2. The quantitative estimate of drug-likeness (QED) is 0.768. The predicted octanol–water partition coefficient (Wildman–Crippen LogP) is 4.70. The molecule has 1 aliphatic carbocycles. The number of piperidine rings is 1. The average molecular weight is 385 g/mol. The van der Waals surface area contributed by atoms with Gasteiger partial charge in [0.2, 0.25) is 10.0 Å². The topological polar surface area (TPSA) is 50.3 Å². The first-order chi connectivity index (χ1) is 13.1. The molecule has 2 aromatic rings. The Hall–Kier alpha value is -1.72. The maximum Gasteiger partial charge on any atom is 0.243 e. The Morgan fingerprint density at radius 3 is 1.93 bits per heavy atom. The van der Waals surface area contributed by atoms with Gasteiger partial charge in [0.15, 0.2) is 0 Å². The summed E-state index contributed by atoms with van der Waals surface area (Å²) in [6.07, 6.45) is 11.7. The highest BCUT2D eigenvalue weighted by Gasteiger charge is 2.30. The summed E-state index contributed by atoms with van der Waals surface area (Å²) >= 11 is 0. The maximum absolute atomic E-state index is 13.0. The number of rotatable bonds is 4. The Morgan fingerprint density at radius 1 is 0.741 bits per heavy atom. The lowest BCUT2D eigenvalue weighted by Gasteiger charge is -2.31. The van der Waals surface area contributed by atoms with E-state index in [0.29, 0.717) is 29.8 Å². The zero-order chi connectivity index (χ0) is 18.7. The summed E-state index contributed by atoms with van der Waals surface area (Å²) in [4.78, 5) is 4.50. The van der Waals surface area contributed by atoms with E-state index in [9.17, 15) is 8.42 Å². The van der Waals surface area contributed by atoms with Gasteiger partial charge in [-0.2, -0.15) is 4.31 Å². The summed E-state index contributed by atoms with van der Waals surface area (Å²) < 4.78 is 27.7. The molecular weight excluding hydrogens is 356 g/mol. The molecule has 5 heteroatoms. The number of hydrogen-bond donors (Lipinski definition) is 0. The second kappa shape index (κ2) is 8.11. The van der Waals surface area contributed by atoms with Gasteiger partial charge in [0.25, 0.3) is 0 Å². The van der Waals surface area contributed by atoms with Crippen molar-refractivity contribution >= 4 is 10.0 Å². The molecule has 0 amide bonds. The van der Waals surface area contributed by atoms with Gasteiger partial charge in [-0.05, 0) is 72.9 Å². The largest absolute Gasteiger partial charge is 0.265 e. The van der Waals surface area contributed by atoms with E-state index in [2.05, 4.69) is 4.98 Å². The average Bonchev–Trinajstić information content (AvgIpc) is 2.75. The number of benzene rings is 1. The van der Waals surface area contributed by atoms with E-state index in [1.54, 1.807) is 4.31 Å². The molecule has 2 fully saturated rings. The first-order valence-corrected chi connectivity index (χ1v) is 11.6. The van der Waals surface area contributed by atoms with E-state index in [0.717, 1.165) is 12.8 Å². The Morgan fingerprint density at radius 2 is 1.30 bits per heavy atom. The smallest absolute Gasteiger partial charge is 0.243 e. The Labute approximate surface area is 162 Å². The van der Waals surface area contributed by atoms with Crippen molar-refractivity contribution in [2.45, 2.75) is 61.7 Å². The van der Waals surface area contributed by atoms with E-state index in [4.69, 9.17) is 0 Å². The first kappa shape index (κ1) is 18.6. The zero-order valence-electron chi connectivity index (χ0n) is 15.8. The normalized spacial score (nSPS) is 20.6. The molecule has 1 aliphatic heterocycles. The monoisotopic (exact) mass is 384 g/mol. The van der Waals surface area contributed by atoms with Gasteiger partial charge in [-0.15, -0.1) is 0 Å². The summed E-state index contributed by atoms with van der Waals surface area (Å²) in [6.45, 7) is 1.17. The summed E-state index contributed by atoms with van der Waals surface area (Å²) in [5, 5.41) is 0. The van der Waals surface area contributed by atoms with E-state index < -0.39 is 10.0 Å². The lowest BCUT2D eigenvalue weighted by atomic mass is 9.84. The van der Waals surface area contributed by atoms with Crippen LogP contribution in [0.3, 0.4) is 0 Å². The van der Waals surface area contributed by atoms with Crippen molar-refractivity contribution < 1.29 is 8.42 Å². The minimum absolute atomic E-state index is 0.424. The van der Waals surface area contributed by atoms with E-state index in [1.807, 2.05) is 48.8 Å². The Bertz CT molecular complexity index is 836. The fourth-order valence-electron chi connectivity index (χ4n) is 4.56. The molecule has 0 spiro atoms. The van der Waals surface area contributed by atoms with Gasteiger partial charge in [-0.1, -0.05) is 31.4 Å². The number of sulfonamides is 1. The molecule has 2 aliphatic rings. The molecule has 0 bridgehead atoms. The second-order valence-corrected chi connectivity index (χ2v) is 9.80. The van der Waals surface area contributed by atoms with Gasteiger partial charge in [0.1, 0.15) is 0 Å². The number of aromatic nitrogens is 1. The van der Waals surface area contributed by atoms with E-state index in [-0.39, 0.29) is 0 Å². The second-order valence-electron chi connectivity index (χ2n) is 7.86. The molecule has 2 heterocycles. The molecule has 4 rings (SSSR count). The van der Waals surface area contributed by atoms with Gasteiger partial charge in [-0.25, -0.2) is 8.42 Å². The highest BCUT2D eigenvalue weighted by Crippen LogP contribution is 2.34. The van der Waals surface area contributed by atoms with Crippen LogP contribution < -0.4 is 0 Å². The zero-order valence-corrected chi connectivity index (χ0v) is 16.6. The molecule has 27 heavy (non-hydrogen) atoms. The molecule has 0 atom stereocenters. The van der Waals surface area contributed by atoms with Crippen LogP contribution in [0.1, 0.15) is 67.9 Å². The van der Waals surface area contributed by atoms with Crippen molar-refractivity contribution in [1.29, 1.82) is 0 Å². The Balaban J connectivity index is 1.42. The van der Waals surface area contributed by atoms with Crippen molar-refractivity contribution in [3.8, 4) is 0 Å². The van der Waals surface area contributed by atoms with Crippen LogP contribution in [0.2, 0.25) is 0 Å². The third-order valence-corrected chi connectivity index (χ3v) is 8.14. The van der Waals surface area contributed by atoms with Crippen LogP contribution in [0.15, 0.2) is 53.7 Å². The number of pyridine rings is 1. The SMILES string of the molecule is O=S(=O)(c1ccc(C2CCCCC2)cc1)N1CCC(c2ccncc2)CC1. The fraction of sp³-hybridized carbons (Fsp3) is 0.500. The molecule has 1 saturated heterocycles. The van der Waals surface area contributed by atoms with Crippen LogP contribution in [-0.2, 0) is 10.0 Å². The maximum atomic E-state index is 13.0. The van der Waals surface area contributed by atoms with Crippen molar-refractivity contribution in [3.63, 3.8) is 0 Å². The number of nitrogens with zero attached hydrogens (tertiary/aromatic N) is 2. The van der Waals surface area contributed by atoms with Crippen LogP contribution in [0, 0.1) is 0 Å². The van der Waals surface area contributed by atoms with Gasteiger partial charge in [0.05, 0.1) is 4.90 Å². The molecule has 1 saturated carbocycles. The van der Waals surface area contributed by atoms with Crippen LogP contribution in [0.25, 0.3) is 0 Å². The lowest BCUT2D eigenvalue weighted by Crippen LogP contribution is -2.37. The van der Waals surface area contributed by atoms with Crippen molar-refractivity contribution in [1.82, 2.24) is 9.29 Å². The number of hydrogen-bond acceptors (Lipinski definition) is 3. The third-order valence-electron chi connectivity index (χ3n) is 6.23. The van der Waals surface area contributed by atoms with Gasteiger partial charge >= 0.3 is 0 Å². The van der Waals surface area contributed by atoms with E-state index in [1.165, 1.54) is 43.2 Å². The molecule has 4 nitrogen and oxygen atoms in total. The third kappa shape index (κ3) is 4.09. The molecule has 1 aromatic heterocycles. The van der Waals surface area contributed by atoms with Crippen LogP contribution in [-0.4, -0.2) is 30.8 Å². The van der Waals surface area contributed by atoms with Crippen LogP contribution in [0.5, 0.6) is 0 Å². The molecule has 0 unspecified atom stereocenters. The predicted molar refractivity (Wildman–Crippen MR) is 107 cm³/mol. The molecule has 0 N–H and O–H groups in total. The lowest BCUT2D eigenvalue weighted by molar-refractivity contribution is 0.319. The molecule has 0 radical (unpaired) electrons. The van der Waals surface area contributed by atoms with Crippen LogP contribution in [0.4, 0.5) is 0 Å². The summed E-state index contributed by atoms with van der Waals surface area (Å²) in [7, 11) is -3.39. The molecule has 1 aromatic carbocycles. The van der Waals surface area contributed by atoms with Crippen molar-refractivity contribution in [2.24, 2.45) is 0 Å².